The SMILES string of the molecule is C=CCCOC(=O)N(Cc1cccc2ccccc12)[C@H]1CC(=NOC2CCCCO2)C2=C[C@H](CCCCO)[C@@H](CCCCO)[C@@H]3c4cc(OCC=C)ccc4O[C@@]1(OCC=C)[C@H]23. The molecule has 2 heterocycles. The summed E-state index contributed by atoms with van der Waals surface area (Å²) < 4.78 is 32.9. The number of hydrogen-bond acceptors (Lipinski definition) is 10. The fraction of sp³-hybridized carbons (Fsp3) is 0.490. The first-order valence-electron chi connectivity index (χ1n) is 22.6. The number of allylic oxidation sites excluding steroid dienone is 1. The second-order valence-electron chi connectivity index (χ2n) is 16.7. The van der Waals surface area contributed by atoms with Crippen molar-refractivity contribution in [3.8, 4) is 11.5 Å². The summed E-state index contributed by atoms with van der Waals surface area (Å²) in [5.74, 6) is -0.657. The zero-order chi connectivity index (χ0) is 43.3. The number of nitrogens with zero attached hydrogens (tertiary/aromatic N) is 2. The van der Waals surface area contributed by atoms with E-state index >= 15 is 0 Å². The molecule has 3 aromatic carbocycles. The van der Waals surface area contributed by atoms with Crippen LogP contribution in [0.1, 0.15) is 87.7 Å². The number of aliphatic hydroxyl groups excluding tert-OH is 2. The second-order valence-corrected chi connectivity index (χ2v) is 16.7. The lowest BCUT2D eigenvalue weighted by Crippen LogP contribution is -2.70. The highest BCUT2D eigenvalue weighted by Crippen LogP contribution is 2.62. The van der Waals surface area contributed by atoms with E-state index in [-0.39, 0.29) is 57.1 Å². The molecule has 2 aliphatic carbocycles. The van der Waals surface area contributed by atoms with Crippen LogP contribution in [-0.4, -0.2) is 84.7 Å². The van der Waals surface area contributed by atoms with Crippen molar-refractivity contribution >= 4 is 22.6 Å². The van der Waals surface area contributed by atoms with Crippen LogP contribution in [-0.2, 0) is 25.6 Å². The number of ether oxygens (including phenoxy) is 5. The van der Waals surface area contributed by atoms with Crippen LogP contribution in [0.4, 0.5) is 4.79 Å². The third-order valence-corrected chi connectivity index (χ3v) is 12.8. The normalized spacial score (nSPS) is 25.7. The van der Waals surface area contributed by atoms with E-state index < -0.39 is 30.1 Å². The third-order valence-electron chi connectivity index (χ3n) is 12.8. The maximum Gasteiger partial charge on any atom is 0.410 e. The van der Waals surface area contributed by atoms with E-state index in [1.807, 2.05) is 30.3 Å². The Kier molecular flexibility index (Phi) is 15.9. The highest BCUT2D eigenvalue weighted by atomic mass is 16.8. The van der Waals surface area contributed by atoms with Gasteiger partial charge < -0.3 is 38.7 Å². The van der Waals surface area contributed by atoms with Gasteiger partial charge in [-0.15, -0.1) is 13.2 Å². The number of aliphatic hydroxyl groups is 2. The molecular formula is C51H64N2O9. The first-order chi connectivity index (χ1) is 30.5. The Morgan fingerprint density at radius 3 is 2.52 bits per heavy atom. The molecule has 332 valence electrons. The van der Waals surface area contributed by atoms with E-state index in [0.717, 1.165) is 72.4 Å². The van der Waals surface area contributed by atoms with Crippen molar-refractivity contribution < 1.29 is 43.5 Å². The van der Waals surface area contributed by atoms with E-state index in [0.29, 0.717) is 49.7 Å². The zero-order valence-electron chi connectivity index (χ0n) is 36.0. The fourth-order valence-corrected chi connectivity index (χ4v) is 10.0. The van der Waals surface area contributed by atoms with Gasteiger partial charge in [-0.1, -0.05) is 91.3 Å². The van der Waals surface area contributed by atoms with Crippen molar-refractivity contribution in [2.75, 3.05) is 39.6 Å². The Hall–Kier alpha value is -4.94. The highest BCUT2D eigenvalue weighted by Gasteiger charge is 2.65. The number of oxime groups is 1. The number of fused-ring (bicyclic) bond motifs is 3. The largest absolute Gasteiger partial charge is 0.490 e. The molecular weight excluding hydrogens is 785 g/mol. The van der Waals surface area contributed by atoms with E-state index in [2.05, 4.69) is 56.1 Å². The quantitative estimate of drug-likeness (QED) is 0.0577. The van der Waals surface area contributed by atoms with Crippen molar-refractivity contribution in [1.29, 1.82) is 0 Å². The molecule has 11 heteroatoms. The molecule has 0 spiro atoms. The van der Waals surface area contributed by atoms with Crippen molar-refractivity contribution in [3.05, 3.63) is 121 Å². The summed E-state index contributed by atoms with van der Waals surface area (Å²) in [5.41, 5.74) is 3.57. The molecule has 11 nitrogen and oxygen atoms in total. The van der Waals surface area contributed by atoms with Crippen molar-refractivity contribution in [3.63, 3.8) is 0 Å². The monoisotopic (exact) mass is 848 g/mol. The minimum absolute atomic E-state index is 0.0617. The maximum atomic E-state index is 14.9. The lowest BCUT2D eigenvalue weighted by Gasteiger charge is -2.60. The van der Waals surface area contributed by atoms with Gasteiger partial charge >= 0.3 is 6.09 Å². The van der Waals surface area contributed by atoms with Crippen molar-refractivity contribution in [1.82, 2.24) is 4.90 Å². The summed E-state index contributed by atoms with van der Waals surface area (Å²) in [7, 11) is 0. The van der Waals surface area contributed by atoms with Crippen molar-refractivity contribution in [2.45, 2.75) is 101 Å². The maximum absolute atomic E-state index is 14.9. The Balaban J connectivity index is 1.47. The molecule has 0 aromatic heterocycles. The van der Waals surface area contributed by atoms with Crippen LogP contribution in [0.2, 0.25) is 0 Å². The second kappa shape index (κ2) is 21.9. The minimum atomic E-state index is -1.45. The van der Waals surface area contributed by atoms with Gasteiger partial charge in [0.05, 0.1) is 38.0 Å². The summed E-state index contributed by atoms with van der Waals surface area (Å²) in [6.45, 7) is 13.4. The molecule has 1 saturated heterocycles. The molecule has 1 unspecified atom stereocenters. The standard InChI is InChI=1S/C51H64N2O9/c1-4-7-30-59-50(56)53(35-38-20-16-19-36-17-8-9-21-40(36)38)46-34-44(52-62-47-23-12-15-31-58-47)42-32-37(18-10-13-26-54)41(22-11-14-27-55)48-43-33-39(57-28-5-2)24-25-45(43)61-51(46,49(42)48)60-29-6-3/h4-6,8-9,16-17,19-21,24-25,32-33,37,41,46-49,54-55H,1-3,7,10-15,18,22-23,26-31,34-35H2/t37-,41+,46-,47?,48+,49+,51+/m0/s1. The van der Waals surface area contributed by atoms with E-state index in [1.54, 1.807) is 23.1 Å². The van der Waals surface area contributed by atoms with Crippen molar-refractivity contribution in [2.24, 2.45) is 22.9 Å². The Morgan fingerprint density at radius 1 is 0.935 bits per heavy atom. The smallest absolute Gasteiger partial charge is 0.410 e. The van der Waals surface area contributed by atoms with Crippen LogP contribution in [0.5, 0.6) is 11.5 Å². The van der Waals surface area contributed by atoms with Gasteiger partial charge in [0.2, 0.25) is 12.1 Å². The molecule has 4 aliphatic rings. The first kappa shape index (κ1) is 45.1. The molecule has 2 N–H and O–H groups in total. The number of amides is 1. The topological polar surface area (TPSA) is 129 Å². The summed E-state index contributed by atoms with van der Waals surface area (Å²) >= 11 is 0. The average molecular weight is 849 g/mol. The molecule has 2 aliphatic heterocycles. The van der Waals surface area contributed by atoms with E-state index in [4.69, 9.17) is 33.7 Å². The number of benzene rings is 3. The highest BCUT2D eigenvalue weighted by molar-refractivity contribution is 6.03. The van der Waals surface area contributed by atoms with Crippen LogP contribution in [0, 0.1) is 17.8 Å². The van der Waals surface area contributed by atoms with E-state index in [9.17, 15) is 15.0 Å². The summed E-state index contributed by atoms with van der Waals surface area (Å²) in [6.07, 6.45) is 14.6. The molecule has 62 heavy (non-hydrogen) atoms. The van der Waals surface area contributed by atoms with Crippen LogP contribution in [0.15, 0.2) is 115 Å². The lowest BCUT2D eigenvalue weighted by molar-refractivity contribution is -0.256. The van der Waals surface area contributed by atoms with Gasteiger partial charge in [-0.2, -0.15) is 0 Å². The predicted molar refractivity (Wildman–Crippen MR) is 241 cm³/mol. The summed E-state index contributed by atoms with van der Waals surface area (Å²) in [4.78, 5) is 23.0. The van der Waals surface area contributed by atoms with Crippen LogP contribution < -0.4 is 9.47 Å². The molecule has 0 radical (unpaired) electrons. The van der Waals surface area contributed by atoms with Gasteiger partial charge in [-0.25, -0.2) is 4.79 Å². The molecule has 0 bridgehead atoms. The number of hydrogen-bond donors (Lipinski definition) is 2. The Morgan fingerprint density at radius 2 is 1.74 bits per heavy atom. The van der Waals surface area contributed by atoms with Gasteiger partial charge in [0, 0.05) is 37.5 Å². The average Bonchev–Trinajstić information content (AvgIpc) is 3.30. The first-order valence-corrected chi connectivity index (χ1v) is 22.6. The van der Waals surface area contributed by atoms with E-state index in [1.165, 1.54) is 0 Å². The zero-order valence-corrected chi connectivity index (χ0v) is 36.0. The van der Waals surface area contributed by atoms with Gasteiger partial charge in [0.1, 0.15) is 24.1 Å². The fourth-order valence-electron chi connectivity index (χ4n) is 10.0. The molecule has 1 saturated carbocycles. The number of carbonyl (C=O) groups is 1. The Bertz CT molecular complexity index is 2050. The molecule has 3 aromatic rings. The van der Waals surface area contributed by atoms with Crippen LogP contribution in [0.3, 0.4) is 0 Å². The molecule has 2 fully saturated rings. The summed E-state index contributed by atoms with van der Waals surface area (Å²) in [6, 6.07) is 19.5. The predicted octanol–water partition coefficient (Wildman–Crippen LogP) is 9.78. The van der Waals surface area contributed by atoms with Gasteiger partial charge in [-0.3, -0.25) is 4.90 Å². The Labute approximate surface area is 366 Å². The van der Waals surface area contributed by atoms with Gasteiger partial charge in [0.25, 0.3) is 0 Å². The number of carbonyl (C=O) groups excluding carboxylic acids is 1. The third kappa shape index (κ3) is 9.97. The molecule has 7 atom stereocenters. The molecule has 7 rings (SSSR count). The number of unbranched alkanes of at least 4 members (excludes halogenated alkanes) is 2. The van der Waals surface area contributed by atoms with Gasteiger partial charge in [-0.05, 0) is 96.9 Å². The molecule has 1 amide bonds. The minimum Gasteiger partial charge on any atom is -0.490 e. The lowest BCUT2D eigenvalue weighted by atomic mass is 9.55. The summed E-state index contributed by atoms with van der Waals surface area (Å²) in [5, 5.41) is 27.0. The van der Waals surface area contributed by atoms with Gasteiger partial charge in [0.15, 0.2) is 0 Å². The number of rotatable bonds is 22. The van der Waals surface area contributed by atoms with Crippen LogP contribution >= 0.6 is 0 Å². The van der Waals surface area contributed by atoms with Crippen LogP contribution in [0.25, 0.3) is 10.8 Å².